The predicted molar refractivity (Wildman–Crippen MR) is 63.8 cm³/mol. The molecular weight excluding hydrogens is 196 g/mol. The van der Waals surface area contributed by atoms with Crippen molar-refractivity contribution in [2.24, 2.45) is 11.3 Å². The number of fused-ring (bicyclic) bond motifs is 1. The molecule has 16 heavy (non-hydrogen) atoms. The van der Waals surface area contributed by atoms with Gasteiger partial charge in [0.25, 0.3) is 0 Å². The molecule has 0 bridgehead atoms. The van der Waals surface area contributed by atoms with Gasteiger partial charge in [0.15, 0.2) is 0 Å². The van der Waals surface area contributed by atoms with Crippen LogP contribution in [0.3, 0.4) is 0 Å². The van der Waals surface area contributed by atoms with Crippen molar-refractivity contribution in [3.63, 3.8) is 0 Å². The summed E-state index contributed by atoms with van der Waals surface area (Å²) in [4.78, 5) is 2.73. The summed E-state index contributed by atoms with van der Waals surface area (Å²) in [6.07, 6.45) is 10.6. The Hall–Kier alpha value is -0.550. The topological polar surface area (TPSA) is 27.0 Å². The zero-order valence-electron chi connectivity index (χ0n) is 10.1. The van der Waals surface area contributed by atoms with E-state index in [-0.39, 0.29) is 0 Å². The third kappa shape index (κ3) is 1.86. The number of hydrogen-bond donors (Lipinski definition) is 0. The lowest BCUT2D eigenvalue weighted by Crippen LogP contribution is -2.38. The van der Waals surface area contributed by atoms with Crippen molar-refractivity contribution in [2.45, 2.75) is 57.4 Å². The first-order chi connectivity index (χ1) is 7.83. The second-order valence-corrected chi connectivity index (χ2v) is 6.21. The number of nitriles is 1. The van der Waals surface area contributed by atoms with Crippen LogP contribution in [-0.2, 0) is 0 Å². The molecule has 2 unspecified atom stereocenters. The third-order valence-corrected chi connectivity index (χ3v) is 5.07. The van der Waals surface area contributed by atoms with E-state index < -0.39 is 0 Å². The average Bonchev–Trinajstić information content (AvgIpc) is 2.93. The molecule has 3 fully saturated rings. The molecule has 88 valence electrons. The standard InChI is InChI=1S/C14H22N2/c15-9-8-14(6-7-14)11-16-10-5-12-3-1-2-4-13(12)16/h12-13H,1-8,10-11H2. The first kappa shape index (κ1) is 10.6. The Morgan fingerprint density at radius 2 is 2.00 bits per heavy atom. The van der Waals surface area contributed by atoms with E-state index in [1.54, 1.807) is 0 Å². The Morgan fingerprint density at radius 1 is 1.19 bits per heavy atom. The van der Waals surface area contributed by atoms with Crippen molar-refractivity contribution in [2.75, 3.05) is 13.1 Å². The van der Waals surface area contributed by atoms with E-state index in [0.717, 1.165) is 18.4 Å². The van der Waals surface area contributed by atoms with E-state index in [4.69, 9.17) is 5.26 Å². The van der Waals surface area contributed by atoms with Crippen LogP contribution in [0.25, 0.3) is 0 Å². The van der Waals surface area contributed by atoms with Crippen LogP contribution in [-0.4, -0.2) is 24.0 Å². The summed E-state index contributed by atoms with van der Waals surface area (Å²) in [6, 6.07) is 3.27. The summed E-state index contributed by atoms with van der Waals surface area (Å²) in [6.45, 7) is 2.53. The van der Waals surface area contributed by atoms with Gasteiger partial charge in [-0.25, -0.2) is 0 Å². The predicted octanol–water partition coefficient (Wildman–Crippen LogP) is 2.94. The summed E-state index contributed by atoms with van der Waals surface area (Å²) >= 11 is 0. The maximum absolute atomic E-state index is 8.88. The summed E-state index contributed by atoms with van der Waals surface area (Å²) in [5.41, 5.74) is 0.418. The van der Waals surface area contributed by atoms with Crippen molar-refractivity contribution in [1.82, 2.24) is 4.90 Å². The van der Waals surface area contributed by atoms with Gasteiger partial charge in [-0.2, -0.15) is 5.26 Å². The van der Waals surface area contributed by atoms with Gasteiger partial charge in [-0.15, -0.1) is 0 Å². The molecule has 0 N–H and O–H groups in total. The number of nitrogens with zero attached hydrogens (tertiary/aromatic N) is 2. The highest BCUT2D eigenvalue weighted by Crippen LogP contribution is 2.51. The minimum atomic E-state index is 0.418. The van der Waals surface area contributed by atoms with Gasteiger partial charge in [-0.05, 0) is 50.0 Å². The number of likely N-dealkylation sites (tertiary alicyclic amines) is 1. The van der Waals surface area contributed by atoms with Gasteiger partial charge in [0, 0.05) is 19.0 Å². The molecule has 2 nitrogen and oxygen atoms in total. The van der Waals surface area contributed by atoms with E-state index in [1.165, 1.54) is 58.0 Å². The van der Waals surface area contributed by atoms with Crippen LogP contribution >= 0.6 is 0 Å². The highest BCUT2D eigenvalue weighted by molar-refractivity contribution is 5.03. The zero-order chi connectivity index (χ0) is 11.0. The number of hydrogen-bond acceptors (Lipinski definition) is 2. The van der Waals surface area contributed by atoms with Crippen LogP contribution in [0.15, 0.2) is 0 Å². The third-order valence-electron chi connectivity index (χ3n) is 5.07. The molecule has 0 aromatic rings. The van der Waals surface area contributed by atoms with Crippen LogP contribution < -0.4 is 0 Å². The Morgan fingerprint density at radius 3 is 2.75 bits per heavy atom. The van der Waals surface area contributed by atoms with Crippen LogP contribution in [0.5, 0.6) is 0 Å². The summed E-state index contributed by atoms with van der Waals surface area (Å²) in [7, 11) is 0. The molecule has 1 aliphatic heterocycles. The quantitative estimate of drug-likeness (QED) is 0.728. The molecule has 0 radical (unpaired) electrons. The van der Waals surface area contributed by atoms with E-state index in [2.05, 4.69) is 11.0 Å². The number of rotatable bonds is 3. The Balaban J connectivity index is 1.61. The second-order valence-electron chi connectivity index (χ2n) is 6.21. The first-order valence-corrected chi connectivity index (χ1v) is 6.94. The van der Waals surface area contributed by atoms with Gasteiger partial charge in [0.05, 0.1) is 6.07 Å². The fourth-order valence-electron chi connectivity index (χ4n) is 3.87. The lowest BCUT2D eigenvalue weighted by molar-refractivity contribution is 0.153. The normalized spacial score (nSPS) is 36.7. The zero-order valence-corrected chi connectivity index (χ0v) is 10.1. The van der Waals surface area contributed by atoms with Crippen LogP contribution in [0, 0.1) is 22.7 Å². The molecule has 2 atom stereocenters. The highest BCUT2D eigenvalue weighted by Gasteiger charge is 2.47. The smallest absolute Gasteiger partial charge is 0.0628 e. The minimum Gasteiger partial charge on any atom is -0.300 e. The fraction of sp³-hybridized carbons (Fsp3) is 0.929. The first-order valence-electron chi connectivity index (χ1n) is 6.94. The second kappa shape index (κ2) is 4.04. The van der Waals surface area contributed by atoms with Gasteiger partial charge in [0.1, 0.15) is 0 Å². The SMILES string of the molecule is N#CCC1(CN2CCC3CCCCC32)CC1. The average molecular weight is 218 g/mol. The van der Waals surface area contributed by atoms with Crippen LogP contribution in [0.2, 0.25) is 0 Å². The van der Waals surface area contributed by atoms with E-state index in [9.17, 15) is 0 Å². The van der Waals surface area contributed by atoms with Crippen molar-refractivity contribution >= 4 is 0 Å². The maximum Gasteiger partial charge on any atom is 0.0628 e. The molecule has 3 aliphatic rings. The fourth-order valence-corrected chi connectivity index (χ4v) is 3.87. The lowest BCUT2D eigenvalue weighted by Gasteiger charge is -2.33. The summed E-state index contributed by atoms with van der Waals surface area (Å²) < 4.78 is 0. The van der Waals surface area contributed by atoms with Gasteiger partial charge in [-0.3, -0.25) is 4.90 Å². The summed E-state index contributed by atoms with van der Waals surface area (Å²) in [5.74, 6) is 0.992. The van der Waals surface area contributed by atoms with Crippen LogP contribution in [0.1, 0.15) is 51.4 Å². The Bertz CT molecular complexity index is 300. The monoisotopic (exact) mass is 218 g/mol. The highest BCUT2D eigenvalue weighted by atomic mass is 15.2. The molecule has 2 aliphatic carbocycles. The molecule has 2 saturated carbocycles. The molecule has 2 heteroatoms. The van der Waals surface area contributed by atoms with Crippen molar-refractivity contribution < 1.29 is 0 Å². The molecule has 0 spiro atoms. The molecular formula is C14H22N2. The summed E-state index contributed by atoms with van der Waals surface area (Å²) in [5, 5.41) is 8.88. The Kier molecular flexibility index (Phi) is 2.67. The molecule has 1 saturated heterocycles. The molecule has 0 aromatic carbocycles. The minimum absolute atomic E-state index is 0.418. The molecule has 0 aromatic heterocycles. The van der Waals surface area contributed by atoms with Gasteiger partial charge >= 0.3 is 0 Å². The van der Waals surface area contributed by atoms with E-state index in [1.807, 2.05) is 0 Å². The van der Waals surface area contributed by atoms with Gasteiger partial charge in [0.2, 0.25) is 0 Å². The van der Waals surface area contributed by atoms with E-state index in [0.29, 0.717) is 5.41 Å². The van der Waals surface area contributed by atoms with E-state index >= 15 is 0 Å². The Labute approximate surface area is 98.6 Å². The van der Waals surface area contributed by atoms with Crippen LogP contribution in [0.4, 0.5) is 0 Å². The van der Waals surface area contributed by atoms with Gasteiger partial charge < -0.3 is 0 Å². The van der Waals surface area contributed by atoms with Crippen molar-refractivity contribution in [3.8, 4) is 6.07 Å². The van der Waals surface area contributed by atoms with Crippen molar-refractivity contribution in [3.05, 3.63) is 0 Å². The molecule has 3 rings (SSSR count). The molecule has 1 heterocycles. The lowest BCUT2D eigenvalue weighted by atomic mass is 9.85. The molecule has 0 amide bonds. The maximum atomic E-state index is 8.88. The van der Waals surface area contributed by atoms with Crippen molar-refractivity contribution in [1.29, 1.82) is 5.26 Å². The largest absolute Gasteiger partial charge is 0.300 e. The van der Waals surface area contributed by atoms with Gasteiger partial charge in [-0.1, -0.05) is 12.8 Å².